The van der Waals surface area contributed by atoms with Crippen molar-refractivity contribution in [2.45, 2.75) is 32.3 Å². The van der Waals surface area contributed by atoms with E-state index >= 15 is 0 Å². The van der Waals surface area contributed by atoms with Crippen LogP contribution in [0.4, 0.5) is 5.82 Å². The van der Waals surface area contributed by atoms with Crippen molar-refractivity contribution in [1.82, 2.24) is 15.3 Å². The van der Waals surface area contributed by atoms with E-state index in [-0.39, 0.29) is 12.0 Å². The molecule has 1 atom stereocenters. The van der Waals surface area contributed by atoms with E-state index in [1.807, 2.05) is 25.1 Å². The molecule has 3 aromatic rings. The highest BCUT2D eigenvalue weighted by molar-refractivity contribution is 7.20. The minimum Gasteiger partial charge on any atom is -0.497 e. The molecule has 0 bridgehead atoms. The number of nitrogens with one attached hydrogen (secondary N) is 2. The van der Waals surface area contributed by atoms with Crippen molar-refractivity contribution in [3.63, 3.8) is 0 Å². The summed E-state index contributed by atoms with van der Waals surface area (Å²) in [6.45, 7) is 4.00. The third kappa shape index (κ3) is 4.55. The van der Waals surface area contributed by atoms with Crippen molar-refractivity contribution in [1.29, 1.82) is 0 Å². The molecule has 8 heteroatoms. The fourth-order valence-electron chi connectivity index (χ4n) is 3.67. The number of hydrogen-bond donors (Lipinski definition) is 2. The summed E-state index contributed by atoms with van der Waals surface area (Å²) in [5.41, 5.74) is 2.09. The van der Waals surface area contributed by atoms with Crippen molar-refractivity contribution in [3.8, 4) is 5.75 Å². The number of methoxy groups -OCH3 is 1. The molecule has 2 aromatic heterocycles. The average Bonchev–Trinajstić information content (AvgIpc) is 3.41. The molecule has 158 valence electrons. The van der Waals surface area contributed by atoms with Crippen LogP contribution in [0.1, 0.15) is 33.6 Å². The summed E-state index contributed by atoms with van der Waals surface area (Å²) in [5, 5.41) is 7.32. The third-order valence-electron chi connectivity index (χ3n) is 5.29. The first-order chi connectivity index (χ1) is 14.7. The Bertz CT molecular complexity index is 1030. The van der Waals surface area contributed by atoms with Crippen LogP contribution < -0.4 is 15.4 Å². The molecule has 1 saturated heterocycles. The van der Waals surface area contributed by atoms with Crippen molar-refractivity contribution in [2.24, 2.45) is 0 Å². The molecule has 0 saturated carbocycles. The van der Waals surface area contributed by atoms with E-state index in [2.05, 4.69) is 26.7 Å². The van der Waals surface area contributed by atoms with Gasteiger partial charge in [-0.1, -0.05) is 12.1 Å². The summed E-state index contributed by atoms with van der Waals surface area (Å²) >= 11 is 1.40. The van der Waals surface area contributed by atoms with Crippen LogP contribution in [0.3, 0.4) is 0 Å². The van der Waals surface area contributed by atoms with Gasteiger partial charge >= 0.3 is 0 Å². The van der Waals surface area contributed by atoms with E-state index in [0.29, 0.717) is 11.4 Å². The average molecular weight is 427 g/mol. The highest BCUT2D eigenvalue weighted by atomic mass is 32.1. The Morgan fingerprint density at radius 1 is 1.37 bits per heavy atom. The Labute approximate surface area is 179 Å². The number of aromatic nitrogens is 2. The molecule has 0 spiro atoms. The predicted molar refractivity (Wildman–Crippen MR) is 119 cm³/mol. The molecule has 3 heterocycles. The standard InChI is InChI=1S/C22H26N4O3S/c1-14-18-20(23-9-8-15-5-3-6-16(11-15)28-2)25-13-26-22(18)30-19(14)21(27)24-12-17-7-4-10-29-17/h3,5-6,11,13,17H,4,7-10,12H2,1-2H3,(H,24,27)(H,23,25,26)/t17-/m0/s1. The number of amides is 1. The van der Waals surface area contributed by atoms with Gasteiger partial charge in [0, 0.05) is 19.7 Å². The number of carbonyl (C=O) groups is 1. The predicted octanol–water partition coefficient (Wildman–Crippen LogP) is 3.57. The van der Waals surface area contributed by atoms with Gasteiger partial charge in [0.05, 0.1) is 23.5 Å². The largest absolute Gasteiger partial charge is 0.497 e. The van der Waals surface area contributed by atoms with Gasteiger partial charge in [0.2, 0.25) is 0 Å². The van der Waals surface area contributed by atoms with Gasteiger partial charge in [-0.15, -0.1) is 11.3 Å². The van der Waals surface area contributed by atoms with Crippen LogP contribution >= 0.6 is 11.3 Å². The maximum atomic E-state index is 12.7. The highest BCUT2D eigenvalue weighted by Crippen LogP contribution is 2.33. The van der Waals surface area contributed by atoms with E-state index in [1.54, 1.807) is 13.4 Å². The molecule has 4 rings (SSSR count). The Hall–Kier alpha value is -2.71. The number of nitrogens with zero attached hydrogens (tertiary/aromatic N) is 2. The smallest absolute Gasteiger partial charge is 0.261 e. The quantitative estimate of drug-likeness (QED) is 0.573. The summed E-state index contributed by atoms with van der Waals surface area (Å²) in [6.07, 6.45) is 4.56. The second-order valence-corrected chi connectivity index (χ2v) is 8.33. The molecule has 1 aliphatic heterocycles. The van der Waals surface area contributed by atoms with Gasteiger partial charge in [0.1, 0.15) is 22.7 Å². The first-order valence-electron chi connectivity index (χ1n) is 10.2. The monoisotopic (exact) mass is 426 g/mol. The molecule has 30 heavy (non-hydrogen) atoms. The van der Waals surface area contributed by atoms with Crippen molar-refractivity contribution in [2.75, 3.05) is 32.1 Å². The zero-order chi connectivity index (χ0) is 20.9. The number of thiophene rings is 1. The van der Waals surface area contributed by atoms with Crippen LogP contribution in [-0.2, 0) is 11.2 Å². The lowest BCUT2D eigenvalue weighted by Crippen LogP contribution is -2.31. The zero-order valence-corrected chi connectivity index (χ0v) is 18.1. The molecule has 1 amide bonds. The Morgan fingerprint density at radius 2 is 2.27 bits per heavy atom. The molecular weight excluding hydrogens is 400 g/mol. The number of ether oxygens (including phenoxy) is 2. The highest BCUT2D eigenvalue weighted by Gasteiger charge is 2.21. The van der Waals surface area contributed by atoms with Crippen LogP contribution in [0.15, 0.2) is 30.6 Å². The molecule has 0 aliphatic carbocycles. The first kappa shape index (κ1) is 20.6. The molecule has 1 aliphatic rings. The van der Waals surface area contributed by atoms with Crippen LogP contribution in [0.2, 0.25) is 0 Å². The van der Waals surface area contributed by atoms with Gasteiger partial charge in [0.15, 0.2) is 0 Å². The van der Waals surface area contributed by atoms with Gasteiger partial charge in [-0.05, 0) is 49.4 Å². The Morgan fingerprint density at radius 3 is 3.07 bits per heavy atom. The minimum atomic E-state index is -0.0756. The fraction of sp³-hybridized carbons (Fsp3) is 0.409. The Balaban J connectivity index is 1.45. The summed E-state index contributed by atoms with van der Waals surface area (Å²) in [4.78, 5) is 23.0. The normalized spacial score (nSPS) is 16.0. The number of rotatable bonds is 8. The molecule has 1 aromatic carbocycles. The van der Waals surface area contributed by atoms with E-state index in [9.17, 15) is 4.79 Å². The second kappa shape index (κ2) is 9.40. The fourth-order valence-corrected chi connectivity index (χ4v) is 4.73. The number of anilines is 1. The van der Waals surface area contributed by atoms with Gasteiger partial charge in [-0.25, -0.2) is 9.97 Å². The summed E-state index contributed by atoms with van der Waals surface area (Å²) < 4.78 is 10.9. The molecule has 0 unspecified atom stereocenters. The minimum absolute atomic E-state index is 0.0756. The summed E-state index contributed by atoms with van der Waals surface area (Å²) in [7, 11) is 1.67. The topological polar surface area (TPSA) is 85.4 Å². The lowest BCUT2D eigenvalue weighted by atomic mass is 10.1. The van der Waals surface area contributed by atoms with Gasteiger partial charge in [-0.2, -0.15) is 0 Å². The lowest BCUT2D eigenvalue weighted by Gasteiger charge is -2.10. The van der Waals surface area contributed by atoms with Crippen molar-refractivity contribution >= 4 is 33.3 Å². The van der Waals surface area contributed by atoms with Crippen LogP contribution in [0.25, 0.3) is 10.2 Å². The third-order valence-corrected chi connectivity index (χ3v) is 6.49. The van der Waals surface area contributed by atoms with E-state index < -0.39 is 0 Å². The number of fused-ring (bicyclic) bond motifs is 1. The van der Waals surface area contributed by atoms with Crippen molar-refractivity contribution in [3.05, 3.63) is 46.6 Å². The van der Waals surface area contributed by atoms with Gasteiger partial charge < -0.3 is 20.1 Å². The number of aryl methyl sites for hydroxylation is 1. The van der Waals surface area contributed by atoms with Crippen LogP contribution in [0, 0.1) is 6.92 Å². The molecule has 0 radical (unpaired) electrons. The Kier molecular flexibility index (Phi) is 6.44. The van der Waals surface area contributed by atoms with E-state index in [1.165, 1.54) is 16.9 Å². The lowest BCUT2D eigenvalue weighted by molar-refractivity contribution is 0.0860. The van der Waals surface area contributed by atoms with Gasteiger partial charge in [0.25, 0.3) is 5.91 Å². The second-order valence-electron chi connectivity index (χ2n) is 7.33. The van der Waals surface area contributed by atoms with Crippen LogP contribution in [-0.4, -0.2) is 48.8 Å². The first-order valence-corrected chi connectivity index (χ1v) is 11.0. The number of benzene rings is 1. The van der Waals surface area contributed by atoms with Crippen molar-refractivity contribution < 1.29 is 14.3 Å². The van der Waals surface area contributed by atoms with Gasteiger partial charge in [-0.3, -0.25) is 4.79 Å². The zero-order valence-electron chi connectivity index (χ0n) is 17.2. The molecular formula is C22H26N4O3S. The SMILES string of the molecule is COc1cccc(CCNc2ncnc3sc(C(=O)NC[C@@H]4CCCO4)c(C)c23)c1. The van der Waals surface area contributed by atoms with Crippen LogP contribution in [0.5, 0.6) is 5.75 Å². The summed E-state index contributed by atoms with van der Waals surface area (Å²) in [6, 6.07) is 8.03. The number of hydrogen-bond acceptors (Lipinski definition) is 7. The summed E-state index contributed by atoms with van der Waals surface area (Å²) in [5.74, 6) is 1.53. The molecule has 7 nitrogen and oxygen atoms in total. The molecule has 1 fully saturated rings. The van der Waals surface area contributed by atoms with E-state index in [0.717, 1.165) is 59.8 Å². The molecule has 2 N–H and O–H groups in total. The van der Waals surface area contributed by atoms with E-state index in [4.69, 9.17) is 9.47 Å². The number of carbonyl (C=O) groups excluding carboxylic acids is 1. The maximum absolute atomic E-state index is 12.7. The maximum Gasteiger partial charge on any atom is 0.261 e.